The van der Waals surface area contributed by atoms with Crippen LogP contribution in [-0.2, 0) is 6.61 Å². The van der Waals surface area contributed by atoms with Crippen molar-refractivity contribution in [1.82, 2.24) is 5.43 Å². The lowest BCUT2D eigenvalue weighted by molar-refractivity contribution is 0.0954. The first kappa shape index (κ1) is 24.1. The lowest BCUT2D eigenvalue weighted by Crippen LogP contribution is -2.17. The summed E-state index contributed by atoms with van der Waals surface area (Å²) in [4.78, 5) is 12.5. The van der Waals surface area contributed by atoms with Gasteiger partial charge in [-0.15, -0.1) is 0 Å². The van der Waals surface area contributed by atoms with E-state index in [2.05, 4.69) is 10.5 Å². The summed E-state index contributed by atoms with van der Waals surface area (Å²) < 4.78 is 16.9. The minimum atomic E-state index is -0.379. The van der Waals surface area contributed by atoms with Crippen LogP contribution in [0.4, 0.5) is 0 Å². The van der Waals surface area contributed by atoms with Crippen LogP contribution in [0.25, 0.3) is 0 Å². The number of amides is 1. The summed E-state index contributed by atoms with van der Waals surface area (Å²) >= 11 is 6.14. The monoisotopic (exact) mass is 466 g/mol. The molecule has 7 heteroatoms. The van der Waals surface area contributed by atoms with Crippen molar-refractivity contribution in [3.8, 4) is 17.2 Å². The van der Waals surface area contributed by atoms with Crippen molar-refractivity contribution >= 4 is 23.7 Å². The van der Waals surface area contributed by atoms with E-state index in [1.54, 1.807) is 36.4 Å². The Morgan fingerprint density at radius 1 is 1.00 bits per heavy atom. The summed E-state index contributed by atoms with van der Waals surface area (Å²) in [7, 11) is 1.53. The van der Waals surface area contributed by atoms with Crippen LogP contribution in [0.2, 0.25) is 5.02 Å². The number of methoxy groups -OCH3 is 1. The maximum atomic E-state index is 12.5. The maximum Gasteiger partial charge on any atom is 0.271 e. The molecule has 0 heterocycles. The maximum absolute atomic E-state index is 12.5. The minimum Gasteiger partial charge on any atom is -0.493 e. The van der Waals surface area contributed by atoms with Crippen molar-refractivity contribution < 1.29 is 19.0 Å². The highest BCUT2D eigenvalue weighted by Crippen LogP contribution is 2.28. The van der Waals surface area contributed by atoms with Gasteiger partial charge in [-0.3, -0.25) is 4.79 Å². The van der Waals surface area contributed by atoms with Gasteiger partial charge in [-0.2, -0.15) is 5.10 Å². The molecule has 0 radical (unpaired) electrons. The molecule has 172 valence electrons. The second kappa shape index (κ2) is 11.9. The first-order chi connectivity index (χ1) is 16.0. The number of ether oxygens (including phenoxy) is 3. The Morgan fingerprint density at radius 2 is 1.76 bits per heavy atom. The largest absolute Gasteiger partial charge is 0.493 e. The molecule has 0 aromatic heterocycles. The molecule has 1 N–H and O–H groups in total. The summed E-state index contributed by atoms with van der Waals surface area (Å²) in [5, 5.41) is 4.62. The molecule has 6 nitrogen and oxygen atoms in total. The summed E-state index contributed by atoms with van der Waals surface area (Å²) in [6, 6.07) is 18.4. The first-order valence-corrected chi connectivity index (χ1v) is 11.0. The fraction of sp³-hybridized carbons (Fsp3) is 0.231. The summed E-state index contributed by atoms with van der Waals surface area (Å²) in [5.41, 5.74) is 5.81. The highest BCUT2D eigenvalue weighted by atomic mass is 35.5. The standard InChI is InChI=1S/C26H27ClN2O4/c1-4-13-32-24-11-9-20(15-25(24)31-3)26(30)29-28-16-21-14-22(27)10-12-23(21)33-17-19-7-5-18(2)6-8-19/h5-12,14-16H,4,13,17H2,1-3H3,(H,29,30)/b28-16+. The van der Waals surface area contributed by atoms with Crippen LogP contribution in [0.3, 0.4) is 0 Å². The quantitative estimate of drug-likeness (QED) is 0.303. The topological polar surface area (TPSA) is 69.2 Å². The Kier molecular flexibility index (Phi) is 8.72. The van der Waals surface area contributed by atoms with Gasteiger partial charge in [-0.25, -0.2) is 5.43 Å². The van der Waals surface area contributed by atoms with Crippen molar-refractivity contribution in [2.45, 2.75) is 26.9 Å². The van der Waals surface area contributed by atoms with Crippen LogP contribution in [0, 0.1) is 6.92 Å². The van der Waals surface area contributed by atoms with Gasteiger partial charge < -0.3 is 14.2 Å². The molecule has 3 aromatic carbocycles. The van der Waals surface area contributed by atoms with Gasteiger partial charge in [0.05, 0.1) is 19.9 Å². The van der Waals surface area contributed by atoms with Crippen LogP contribution >= 0.6 is 11.6 Å². The molecule has 0 saturated heterocycles. The van der Waals surface area contributed by atoms with E-state index in [1.165, 1.54) is 18.9 Å². The van der Waals surface area contributed by atoms with E-state index in [0.29, 0.717) is 46.6 Å². The van der Waals surface area contributed by atoms with Gasteiger partial charge in [0, 0.05) is 16.1 Å². The molecular formula is C26H27ClN2O4. The number of benzene rings is 3. The fourth-order valence-electron chi connectivity index (χ4n) is 2.96. The molecule has 1 amide bonds. The third-order valence-electron chi connectivity index (χ3n) is 4.74. The molecule has 33 heavy (non-hydrogen) atoms. The van der Waals surface area contributed by atoms with Crippen molar-refractivity contribution in [2.75, 3.05) is 13.7 Å². The van der Waals surface area contributed by atoms with Crippen molar-refractivity contribution in [2.24, 2.45) is 5.10 Å². The number of hydrogen-bond donors (Lipinski definition) is 1. The van der Waals surface area contributed by atoms with Gasteiger partial charge in [0.15, 0.2) is 11.5 Å². The smallest absolute Gasteiger partial charge is 0.271 e. The van der Waals surface area contributed by atoms with E-state index < -0.39 is 0 Å². The first-order valence-electron chi connectivity index (χ1n) is 10.6. The number of nitrogens with one attached hydrogen (secondary N) is 1. The number of nitrogens with zero attached hydrogens (tertiary/aromatic N) is 1. The summed E-state index contributed by atoms with van der Waals surface area (Å²) in [5.74, 6) is 1.31. The predicted molar refractivity (Wildman–Crippen MR) is 131 cm³/mol. The minimum absolute atomic E-state index is 0.379. The number of carbonyl (C=O) groups excluding carboxylic acids is 1. The van der Waals surface area contributed by atoms with Crippen molar-refractivity contribution in [3.63, 3.8) is 0 Å². The van der Waals surface area contributed by atoms with Crippen LogP contribution < -0.4 is 19.6 Å². The zero-order valence-corrected chi connectivity index (χ0v) is 19.7. The molecular weight excluding hydrogens is 440 g/mol. The van der Waals surface area contributed by atoms with Crippen molar-refractivity contribution in [1.29, 1.82) is 0 Å². The van der Waals surface area contributed by atoms with E-state index in [0.717, 1.165) is 12.0 Å². The Bertz CT molecular complexity index is 1110. The molecule has 0 bridgehead atoms. The molecule has 0 saturated carbocycles. The van der Waals surface area contributed by atoms with Gasteiger partial charge in [-0.1, -0.05) is 48.4 Å². The lowest BCUT2D eigenvalue weighted by Gasteiger charge is -2.11. The predicted octanol–water partition coefficient (Wildman–Crippen LogP) is 5.79. The average Bonchev–Trinajstić information content (AvgIpc) is 2.83. The van der Waals surface area contributed by atoms with Gasteiger partial charge in [-0.05, 0) is 55.3 Å². The zero-order chi connectivity index (χ0) is 23.6. The summed E-state index contributed by atoms with van der Waals surface area (Å²) in [6.07, 6.45) is 2.38. The Labute approximate surface area is 199 Å². The molecule has 0 spiro atoms. The van der Waals surface area contributed by atoms with Crippen LogP contribution in [0.15, 0.2) is 65.8 Å². The Hall–Kier alpha value is -3.51. The zero-order valence-electron chi connectivity index (χ0n) is 18.9. The van der Waals surface area contributed by atoms with Crippen LogP contribution in [0.5, 0.6) is 17.2 Å². The normalized spacial score (nSPS) is 10.8. The number of halogens is 1. The van der Waals surface area contributed by atoms with Gasteiger partial charge in [0.25, 0.3) is 5.91 Å². The number of hydrazone groups is 1. The van der Waals surface area contributed by atoms with E-state index in [1.807, 2.05) is 38.1 Å². The molecule has 0 unspecified atom stereocenters. The number of rotatable bonds is 10. The summed E-state index contributed by atoms with van der Waals surface area (Å²) in [6.45, 7) is 5.03. The van der Waals surface area contributed by atoms with Gasteiger partial charge in [0.1, 0.15) is 12.4 Å². The van der Waals surface area contributed by atoms with Crippen LogP contribution in [-0.4, -0.2) is 25.8 Å². The second-order valence-corrected chi connectivity index (χ2v) is 7.81. The number of aryl methyl sites for hydroxylation is 1. The Balaban J connectivity index is 1.67. The third-order valence-corrected chi connectivity index (χ3v) is 4.98. The highest BCUT2D eigenvalue weighted by molar-refractivity contribution is 6.30. The van der Waals surface area contributed by atoms with E-state index >= 15 is 0 Å². The molecule has 3 rings (SSSR count). The fourth-order valence-corrected chi connectivity index (χ4v) is 3.14. The Morgan fingerprint density at radius 3 is 2.48 bits per heavy atom. The third kappa shape index (κ3) is 6.99. The lowest BCUT2D eigenvalue weighted by atomic mass is 10.1. The van der Waals surface area contributed by atoms with E-state index in [-0.39, 0.29) is 5.91 Å². The average molecular weight is 467 g/mol. The molecule has 0 aliphatic carbocycles. The second-order valence-electron chi connectivity index (χ2n) is 7.37. The molecule has 3 aromatic rings. The molecule has 0 aliphatic heterocycles. The van der Waals surface area contributed by atoms with Gasteiger partial charge in [0.2, 0.25) is 0 Å². The van der Waals surface area contributed by atoms with Gasteiger partial charge >= 0.3 is 0 Å². The molecule has 0 aliphatic rings. The number of carbonyl (C=O) groups is 1. The highest BCUT2D eigenvalue weighted by Gasteiger charge is 2.11. The van der Waals surface area contributed by atoms with E-state index in [4.69, 9.17) is 25.8 Å². The molecule has 0 fully saturated rings. The molecule has 0 atom stereocenters. The van der Waals surface area contributed by atoms with Crippen molar-refractivity contribution in [3.05, 3.63) is 87.9 Å². The SMILES string of the molecule is CCCOc1ccc(C(=O)N/N=C/c2cc(Cl)ccc2OCc2ccc(C)cc2)cc1OC. The van der Waals surface area contributed by atoms with E-state index in [9.17, 15) is 4.79 Å². The van der Waals surface area contributed by atoms with Crippen LogP contribution in [0.1, 0.15) is 40.4 Å². The number of hydrogen-bond acceptors (Lipinski definition) is 5.